The van der Waals surface area contributed by atoms with Gasteiger partial charge in [0.1, 0.15) is 0 Å². The third-order valence-corrected chi connectivity index (χ3v) is 0.605. The summed E-state index contributed by atoms with van der Waals surface area (Å²) in [6, 6.07) is 0. The summed E-state index contributed by atoms with van der Waals surface area (Å²) >= 11 is 2.81. The SMILES string of the molecule is CCCOBr. The molecule has 0 fully saturated rings. The summed E-state index contributed by atoms with van der Waals surface area (Å²) in [5, 5.41) is 0. The van der Waals surface area contributed by atoms with Gasteiger partial charge in [0, 0.05) is 0 Å². The molecule has 2 heteroatoms. The van der Waals surface area contributed by atoms with E-state index < -0.39 is 0 Å². The summed E-state index contributed by atoms with van der Waals surface area (Å²) < 4.78 is 4.50. The number of rotatable bonds is 2. The van der Waals surface area contributed by atoms with Gasteiger partial charge in [0.2, 0.25) is 0 Å². The van der Waals surface area contributed by atoms with Crippen molar-refractivity contribution in [2.45, 2.75) is 13.3 Å². The molecule has 0 aromatic carbocycles. The Kier molecular flexibility index (Phi) is 4.83. The minimum absolute atomic E-state index is 0.806. The topological polar surface area (TPSA) is 9.23 Å². The molecule has 0 radical (unpaired) electrons. The molecule has 0 rings (SSSR count). The second-order valence-corrected chi connectivity index (χ2v) is 1.27. The van der Waals surface area contributed by atoms with Crippen LogP contribution >= 0.6 is 16.3 Å². The first-order valence-corrected chi connectivity index (χ1v) is 2.30. The highest BCUT2D eigenvalue weighted by atomic mass is 79.9. The maximum Gasteiger partial charge on any atom is 0.0987 e. The van der Waals surface area contributed by atoms with Gasteiger partial charge >= 0.3 is 0 Å². The fourth-order valence-corrected chi connectivity index (χ4v) is 0.401. The molecular weight excluding hydrogens is 132 g/mol. The maximum absolute atomic E-state index is 4.50. The molecule has 0 aromatic heterocycles. The van der Waals surface area contributed by atoms with E-state index in [9.17, 15) is 0 Å². The fraction of sp³-hybridized carbons (Fsp3) is 1.00. The van der Waals surface area contributed by atoms with Gasteiger partial charge in [-0.05, 0) is 6.42 Å². The predicted octanol–water partition coefficient (Wildman–Crippen LogP) is 1.72. The molecule has 0 aliphatic rings. The van der Waals surface area contributed by atoms with Gasteiger partial charge in [-0.1, -0.05) is 6.92 Å². The lowest BCUT2D eigenvalue weighted by molar-refractivity contribution is 0.395. The molecule has 0 atom stereocenters. The van der Waals surface area contributed by atoms with Crippen molar-refractivity contribution in [3.63, 3.8) is 0 Å². The second kappa shape index (κ2) is 4.44. The van der Waals surface area contributed by atoms with E-state index >= 15 is 0 Å². The van der Waals surface area contributed by atoms with Crippen molar-refractivity contribution < 1.29 is 3.83 Å². The van der Waals surface area contributed by atoms with E-state index in [1.165, 1.54) is 0 Å². The van der Waals surface area contributed by atoms with Crippen LogP contribution in [0.3, 0.4) is 0 Å². The van der Waals surface area contributed by atoms with E-state index in [0.29, 0.717) is 0 Å². The Morgan fingerprint density at radius 2 is 2.40 bits per heavy atom. The molecule has 0 saturated carbocycles. The Labute approximate surface area is 40.8 Å². The first-order chi connectivity index (χ1) is 2.41. The summed E-state index contributed by atoms with van der Waals surface area (Å²) in [6.07, 6.45) is 1.07. The van der Waals surface area contributed by atoms with Crippen molar-refractivity contribution in [3.05, 3.63) is 0 Å². The highest BCUT2D eigenvalue weighted by Crippen LogP contribution is 1.84. The van der Waals surface area contributed by atoms with Crippen LogP contribution in [0.2, 0.25) is 0 Å². The van der Waals surface area contributed by atoms with E-state index in [4.69, 9.17) is 0 Å². The summed E-state index contributed by atoms with van der Waals surface area (Å²) in [7, 11) is 0. The maximum atomic E-state index is 4.50. The average Bonchev–Trinajstić information content (AvgIpc) is 1.41. The summed E-state index contributed by atoms with van der Waals surface area (Å²) in [5.41, 5.74) is 0. The predicted molar refractivity (Wildman–Crippen MR) is 25.2 cm³/mol. The molecule has 0 spiro atoms. The molecular formula is C3H7BrO. The van der Waals surface area contributed by atoms with Crippen molar-refractivity contribution in [2.24, 2.45) is 0 Å². The van der Waals surface area contributed by atoms with Crippen LogP contribution < -0.4 is 0 Å². The van der Waals surface area contributed by atoms with Crippen molar-refractivity contribution in [3.8, 4) is 0 Å². The van der Waals surface area contributed by atoms with Crippen LogP contribution in [0, 0.1) is 0 Å². The molecule has 0 saturated heterocycles. The Morgan fingerprint density at radius 1 is 1.80 bits per heavy atom. The molecule has 32 valence electrons. The Bertz CT molecular complexity index is 14.4. The molecule has 0 aliphatic heterocycles. The third kappa shape index (κ3) is 4.44. The zero-order chi connectivity index (χ0) is 4.12. The van der Waals surface area contributed by atoms with Gasteiger partial charge in [0.25, 0.3) is 0 Å². The van der Waals surface area contributed by atoms with Gasteiger partial charge in [0.05, 0.1) is 22.9 Å². The zero-order valence-electron chi connectivity index (χ0n) is 3.20. The van der Waals surface area contributed by atoms with Crippen LogP contribution in [0.5, 0.6) is 0 Å². The molecule has 0 aliphatic carbocycles. The van der Waals surface area contributed by atoms with E-state index in [1.807, 2.05) is 0 Å². The molecule has 0 N–H and O–H groups in total. The zero-order valence-corrected chi connectivity index (χ0v) is 4.79. The normalized spacial score (nSPS) is 8.40. The lowest BCUT2D eigenvalue weighted by Gasteiger charge is -1.80. The number of halogens is 1. The van der Waals surface area contributed by atoms with E-state index in [2.05, 4.69) is 27.0 Å². The van der Waals surface area contributed by atoms with Gasteiger partial charge in [-0.2, -0.15) is 0 Å². The van der Waals surface area contributed by atoms with Crippen molar-refractivity contribution in [1.82, 2.24) is 0 Å². The summed E-state index contributed by atoms with van der Waals surface area (Å²) in [5.74, 6) is 0. The molecule has 0 bridgehead atoms. The minimum atomic E-state index is 0.806. The second-order valence-electron chi connectivity index (χ2n) is 0.813. The quantitative estimate of drug-likeness (QED) is 0.565. The van der Waals surface area contributed by atoms with Gasteiger partial charge in [-0.25, -0.2) is 0 Å². The van der Waals surface area contributed by atoms with Gasteiger partial charge in [0.15, 0.2) is 0 Å². The van der Waals surface area contributed by atoms with Gasteiger partial charge < -0.3 is 3.83 Å². The molecule has 0 aromatic rings. The average molecular weight is 139 g/mol. The lowest BCUT2D eigenvalue weighted by atomic mass is 10.5. The van der Waals surface area contributed by atoms with E-state index in [-0.39, 0.29) is 0 Å². The fourth-order valence-electron chi connectivity index (χ4n) is 0.0772. The molecule has 0 amide bonds. The minimum Gasteiger partial charge on any atom is -0.308 e. The summed E-state index contributed by atoms with van der Waals surface area (Å²) in [4.78, 5) is 0. The number of hydrogen-bond acceptors (Lipinski definition) is 1. The van der Waals surface area contributed by atoms with Crippen LogP contribution in [-0.4, -0.2) is 6.61 Å². The highest BCUT2D eigenvalue weighted by molar-refractivity contribution is 9.06. The molecule has 1 nitrogen and oxygen atoms in total. The Morgan fingerprint density at radius 3 is 2.40 bits per heavy atom. The molecule has 5 heavy (non-hydrogen) atoms. The van der Waals surface area contributed by atoms with Crippen LogP contribution in [0.4, 0.5) is 0 Å². The third-order valence-electron chi connectivity index (χ3n) is 0.281. The van der Waals surface area contributed by atoms with Crippen molar-refractivity contribution >= 4 is 16.3 Å². The van der Waals surface area contributed by atoms with E-state index in [1.54, 1.807) is 0 Å². The van der Waals surface area contributed by atoms with Gasteiger partial charge in [-0.3, -0.25) is 0 Å². The van der Waals surface area contributed by atoms with Crippen molar-refractivity contribution in [1.29, 1.82) is 0 Å². The van der Waals surface area contributed by atoms with Crippen LogP contribution in [0.25, 0.3) is 0 Å². The monoisotopic (exact) mass is 138 g/mol. The van der Waals surface area contributed by atoms with Crippen molar-refractivity contribution in [2.75, 3.05) is 6.61 Å². The first-order valence-electron chi connectivity index (χ1n) is 1.65. The largest absolute Gasteiger partial charge is 0.308 e. The van der Waals surface area contributed by atoms with Crippen LogP contribution in [0.1, 0.15) is 13.3 Å². The lowest BCUT2D eigenvalue weighted by Crippen LogP contribution is -1.73. The standard InChI is InChI=1S/C3H7BrO/c1-2-3-5-4/h2-3H2,1H3. The van der Waals surface area contributed by atoms with Gasteiger partial charge in [-0.15, -0.1) is 0 Å². The summed E-state index contributed by atoms with van der Waals surface area (Å²) in [6.45, 7) is 2.86. The Hall–Kier alpha value is 0.440. The number of hydrogen-bond donors (Lipinski definition) is 0. The molecule has 0 heterocycles. The smallest absolute Gasteiger partial charge is 0.0987 e. The highest BCUT2D eigenvalue weighted by Gasteiger charge is 1.68. The van der Waals surface area contributed by atoms with Crippen LogP contribution in [-0.2, 0) is 3.83 Å². The van der Waals surface area contributed by atoms with Crippen LogP contribution in [0.15, 0.2) is 0 Å². The van der Waals surface area contributed by atoms with E-state index in [0.717, 1.165) is 13.0 Å². The Balaban J connectivity index is 2.19. The molecule has 0 unspecified atom stereocenters. The first kappa shape index (κ1) is 5.44.